The van der Waals surface area contributed by atoms with Crippen LogP contribution in [-0.2, 0) is 4.79 Å². The van der Waals surface area contributed by atoms with Gasteiger partial charge in [0, 0.05) is 19.0 Å². The third-order valence-electron chi connectivity index (χ3n) is 5.38. The van der Waals surface area contributed by atoms with Crippen LogP contribution in [0.1, 0.15) is 31.4 Å². The maximum absolute atomic E-state index is 12.7. The molecule has 1 aromatic heterocycles. The lowest BCUT2D eigenvalue weighted by atomic mass is 9.95. The summed E-state index contributed by atoms with van der Waals surface area (Å²) in [6.45, 7) is 3.75. The first-order valence-electron chi connectivity index (χ1n) is 9.69. The zero-order valence-electron chi connectivity index (χ0n) is 16.2. The standard InChI is InChI=1S/C22H25N3O2S/c1-15(16-6-4-3-5-7-16)23-21(26)17-10-12-25(13-11-17)22-24-19-9-8-18(27-2)14-20(19)28-22/h3-9,14-15,17H,10-13H2,1-2H3,(H,23,26). The number of hydrogen-bond acceptors (Lipinski definition) is 5. The number of aromatic nitrogens is 1. The van der Waals surface area contributed by atoms with E-state index in [-0.39, 0.29) is 17.9 Å². The molecule has 0 bridgehead atoms. The summed E-state index contributed by atoms with van der Waals surface area (Å²) >= 11 is 1.69. The van der Waals surface area contributed by atoms with Crippen molar-refractivity contribution in [2.24, 2.45) is 5.92 Å². The van der Waals surface area contributed by atoms with Crippen LogP contribution in [0.15, 0.2) is 48.5 Å². The number of nitrogens with one attached hydrogen (secondary N) is 1. The Balaban J connectivity index is 1.36. The molecule has 1 amide bonds. The van der Waals surface area contributed by atoms with Crippen LogP contribution in [0.2, 0.25) is 0 Å². The van der Waals surface area contributed by atoms with Gasteiger partial charge in [-0.1, -0.05) is 41.7 Å². The van der Waals surface area contributed by atoms with E-state index in [9.17, 15) is 4.79 Å². The van der Waals surface area contributed by atoms with Crippen molar-refractivity contribution in [3.63, 3.8) is 0 Å². The molecule has 0 saturated carbocycles. The van der Waals surface area contributed by atoms with E-state index in [0.717, 1.165) is 52.6 Å². The molecule has 1 aliphatic rings. The maximum Gasteiger partial charge on any atom is 0.223 e. The molecule has 0 spiro atoms. The van der Waals surface area contributed by atoms with Gasteiger partial charge in [0.25, 0.3) is 0 Å². The fraction of sp³-hybridized carbons (Fsp3) is 0.364. The lowest BCUT2D eigenvalue weighted by Gasteiger charge is -2.31. The molecule has 146 valence electrons. The van der Waals surface area contributed by atoms with Gasteiger partial charge in [0.1, 0.15) is 5.75 Å². The van der Waals surface area contributed by atoms with Crippen LogP contribution in [0.3, 0.4) is 0 Å². The first-order chi connectivity index (χ1) is 13.6. The Kier molecular flexibility index (Phi) is 5.48. The smallest absolute Gasteiger partial charge is 0.223 e. The highest BCUT2D eigenvalue weighted by molar-refractivity contribution is 7.22. The van der Waals surface area contributed by atoms with Crippen LogP contribution in [-0.4, -0.2) is 31.1 Å². The number of anilines is 1. The van der Waals surface area contributed by atoms with E-state index in [1.807, 2.05) is 43.3 Å². The van der Waals surface area contributed by atoms with Crippen molar-refractivity contribution >= 4 is 32.6 Å². The number of carbonyl (C=O) groups excluding carboxylic acids is 1. The zero-order chi connectivity index (χ0) is 19.5. The van der Waals surface area contributed by atoms with Gasteiger partial charge in [0.2, 0.25) is 5.91 Å². The summed E-state index contributed by atoms with van der Waals surface area (Å²) in [6.07, 6.45) is 1.71. The Bertz CT molecular complexity index is 949. The highest BCUT2D eigenvalue weighted by Crippen LogP contribution is 2.33. The molecule has 6 heteroatoms. The average molecular weight is 396 g/mol. The van der Waals surface area contributed by atoms with Gasteiger partial charge in [-0.25, -0.2) is 4.98 Å². The van der Waals surface area contributed by atoms with Crippen molar-refractivity contribution in [1.29, 1.82) is 0 Å². The first kappa shape index (κ1) is 18.7. The minimum atomic E-state index is 0.0333. The van der Waals surface area contributed by atoms with Gasteiger partial charge in [-0.2, -0.15) is 0 Å². The Morgan fingerprint density at radius 2 is 1.96 bits per heavy atom. The summed E-state index contributed by atoms with van der Waals surface area (Å²) in [5.41, 5.74) is 2.13. The third-order valence-corrected chi connectivity index (χ3v) is 6.46. The van der Waals surface area contributed by atoms with Crippen LogP contribution in [0.25, 0.3) is 10.2 Å². The minimum Gasteiger partial charge on any atom is -0.497 e. The van der Waals surface area contributed by atoms with Crippen molar-refractivity contribution < 1.29 is 9.53 Å². The Morgan fingerprint density at radius 3 is 2.68 bits per heavy atom. The third kappa shape index (κ3) is 3.97. The van der Waals surface area contributed by atoms with Gasteiger partial charge in [-0.05, 0) is 43.5 Å². The summed E-state index contributed by atoms with van der Waals surface area (Å²) in [7, 11) is 1.68. The number of nitrogens with zero attached hydrogens (tertiary/aromatic N) is 2. The van der Waals surface area contributed by atoms with Gasteiger partial charge in [-0.15, -0.1) is 0 Å². The van der Waals surface area contributed by atoms with Gasteiger partial charge in [0.15, 0.2) is 5.13 Å². The lowest BCUT2D eigenvalue weighted by molar-refractivity contribution is -0.126. The fourth-order valence-corrected chi connectivity index (χ4v) is 4.69. The Hall–Kier alpha value is -2.60. The molecule has 0 aliphatic carbocycles. The number of fused-ring (bicyclic) bond motifs is 1. The van der Waals surface area contributed by atoms with Gasteiger partial charge in [-0.3, -0.25) is 4.79 Å². The number of piperidine rings is 1. The molecule has 0 radical (unpaired) electrons. The highest BCUT2D eigenvalue weighted by atomic mass is 32.1. The largest absolute Gasteiger partial charge is 0.497 e. The van der Waals surface area contributed by atoms with Crippen molar-refractivity contribution in [2.45, 2.75) is 25.8 Å². The summed E-state index contributed by atoms with van der Waals surface area (Å²) in [5.74, 6) is 1.08. The summed E-state index contributed by atoms with van der Waals surface area (Å²) in [4.78, 5) is 19.7. The summed E-state index contributed by atoms with van der Waals surface area (Å²) in [6, 6.07) is 16.1. The van der Waals surface area contributed by atoms with Crippen LogP contribution in [0, 0.1) is 5.92 Å². The number of thiazole rings is 1. The van der Waals surface area contributed by atoms with E-state index < -0.39 is 0 Å². The van der Waals surface area contributed by atoms with Gasteiger partial charge >= 0.3 is 0 Å². The number of hydrogen-bond donors (Lipinski definition) is 1. The molecule has 1 N–H and O–H groups in total. The number of amides is 1. The molecule has 1 atom stereocenters. The SMILES string of the molecule is COc1ccc2nc(N3CCC(C(=O)NC(C)c4ccccc4)CC3)sc2c1. The van der Waals surface area contributed by atoms with E-state index in [0.29, 0.717) is 0 Å². The van der Waals surface area contributed by atoms with E-state index in [4.69, 9.17) is 9.72 Å². The summed E-state index contributed by atoms with van der Waals surface area (Å²) in [5, 5.41) is 4.20. The van der Waals surface area contributed by atoms with E-state index in [1.165, 1.54) is 0 Å². The maximum atomic E-state index is 12.7. The molecule has 2 aromatic carbocycles. The van der Waals surface area contributed by atoms with Gasteiger partial charge < -0.3 is 15.0 Å². The fourth-order valence-electron chi connectivity index (χ4n) is 3.64. The van der Waals surface area contributed by atoms with Crippen molar-refractivity contribution in [3.05, 3.63) is 54.1 Å². The van der Waals surface area contributed by atoms with Crippen molar-refractivity contribution in [1.82, 2.24) is 10.3 Å². The summed E-state index contributed by atoms with van der Waals surface area (Å²) < 4.78 is 6.43. The number of benzene rings is 2. The highest BCUT2D eigenvalue weighted by Gasteiger charge is 2.27. The monoisotopic (exact) mass is 395 g/mol. The Labute approximate surface area is 169 Å². The van der Waals surface area contributed by atoms with Crippen LogP contribution in [0.4, 0.5) is 5.13 Å². The molecule has 1 fully saturated rings. The number of rotatable bonds is 5. The lowest BCUT2D eigenvalue weighted by Crippen LogP contribution is -2.41. The van der Waals surface area contributed by atoms with Crippen LogP contribution in [0.5, 0.6) is 5.75 Å². The van der Waals surface area contributed by atoms with Gasteiger partial charge in [0.05, 0.1) is 23.4 Å². The Morgan fingerprint density at radius 1 is 1.21 bits per heavy atom. The molecule has 5 nitrogen and oxygen atoms in total. The molecule has 1 saturated heterocycles. The molecular weight excluding hydrogens is 370 g/mol. The normalized spacial score (nSPS) is 16.1. The average Bonchev–Trinajstić information content (AvgIpc) is 3.17. The van der Waals surface area contributed by atoms with E-state index in [1.54, 1.807) is 18.4 Å². The molecule has 1 aliphatic heterocycles. The second-order valence-electron chi connectivity index (χ2n) is 7.23. The molecule has 28 heavy (non-hydrogen) atoms. The molecule has 1 unspecified atom stereocenters. The molecule has 3 aromatic rings. The van der Waals surface area contributed by atoms with Crippen LogP contribution >= 0.6 is 11.3 Å². The van der Waals surface area contributed by atoms with Crippen molar-refractivity contribution in [2.75, 3.05) is 25.1 Å². The van der Waals surface area contributed by atoms with E-state index >= 15 is 0 Å². The second kappa shape index (κ2) is 8.19. The zero-order valence-corrected chi connectivity index (χ0v) is 17.0. The van der Waals surface area contributed by atoms with E-state index in [2.05, 4.69) is 22.3 Å². The molecule has 2 heterocycles. The predicted octanol–water partition coefficient (Wildman–Crippen LogP) is 4.40. The number of carbonyl (C=O) groups is 1. The number of methoxy groups -OCH3 is 1. The first-order valence-corrected chi connectivity index (χ1v) is 10.5. The minimum absolute atomic E-state index is 0.0333. The second-order valence-corrected chi connectivity index (χ2v) is 8.24. The van der Waals surface area contributed by atoms with Crippen LogP contribution < -0.4 is 15.0 Å². The molecule has 4 rings (SSSR count). The number of ether oxygens (including phenoxy) is 1. The quantitative estimate of drug-likeness (QED) is 0.696. The molecular formula is C22H25N3O2S. The predicted molar refractivity (Wildman–Crippen MR) is 114 cm³/mol. The topological polar surface area (TPSA) is 54.5 Å². The van der Waals surface area contributed by atoms with Crippen molar-refractivity contribution in [3.8, 4) is 5.75 Å².